The van der Waals surface area contributed by atoms with Crippen LogP contribution in [0.2, 0.25) is 0 Å². The molecule has 0 saturated heterocycles. The van der Waals surface area contributed by atoms with Gasteiger partial charge in [-0.2, -0.15) is 0 Å². The van der Waals surface area contributed by atoms with Crippen LogP contribution in [0.5, 0.6) is 0 Å². The molecular weight excluding hydrogens is 334 g/mol. The lowest BCUT2D eigenvalue weighted by Crippen LogP contribution is -2.22. The second-order valence-corrected chi connectivity index (χ2v) is 6.17. The van der Waals surface area contributed by atoms with Gasteiger partial charge in [-0.05, 0) is 42.5 Å². The highest BCUT2D eigenvalue weighted by Crippen LogP contribution is 2.29. The van der Waals surface area contributed by atoms with E-state index >= 15 is 0 Å². The second-order valence-electron chi connectivity index (χ2n) is 5.32. The molecule has 1 aromatic carbocycles. The van der Waals surface area contributed by atoms with Gasteiger partial charge >= 0.3 is 5.97 Å². The van der Waals surface area contributed by atoms with Crippen LogP contribution < -0.4 is 4.90 Å². The molecule has 21 heavy (non-hydrogen) atoms. The van der Waals surface area contributed by atoms with Crippen molar-refractivity contribution in [3.8, 4) is 0 Å². The van der Waals surface area contributed by atoms with Crippen LogP contribution in [0, 0.1) is 5.92 Å². The Morgan fingerprint density at radius 3 is 2.90 bits per heavy atom. The van der Waals surface area contributed by atoms with Gasteiger partial charge in [-0.15, -0.1) is 0 Å². The summed E-state index contributed by atoms with van der Waals surface area (Å²) in [5, 5.41) is 8.65. The number of nitrogens with zero attached hydrogens (tertiary/aromatic N) is 1. The zero-order chi connectivity index (χ0) is 15.2. The molecule has 0 aromatic heterocycles. The lowest BCUT2D eigenvalue weighted by molar-refractivity contribution is -0.131. The predicted molar refractivity (Wildman–Crippen MR) is 87.6 cm³/mol. The fourth-order valence-corrected chi connectivity index (χ4v) is 2.41. The predicted octanol–water partition coefficient (Wildman–Crippen LogP) is 3.41. The van der Waals surface area contributed by atoms with Crippen molar-refractivity contribution in [2.24, 2.45) is 5.92 Å². The van der Waals surface area contributed by atoms with E-state index in [1.165, 1.54) is 12.8 Å². The Morgan fingerprint density at radius 1 is 1.52 bits per heavy atom. The van der Waals surface area contributed by atoms with Crippen molar-refractivity contribution in [1.82, 2.24) is 0 Å². The molecule has 1 aliphatic rings. The van der Waals surface area contributed by atoms with Crippen LogP contribution >= 0.6 is 15.9 Å². The molecule has 0 bridgehead atoms. The number of anilines is 1. The number of rotatable bonds is 8. The highest BCUT2D eigenvalue weighted by atomic mass is 79.9. The molecule has 1 saturated carbocycles. The Morgan fingerprint density at radius 2 is 2.29 bits per heavy atom. The third kappa shape index (κ3) is 5.52. The van der Waals surface area contributed by atoms with E-state index in [1.807, 2.05) is 25.2 Å². The van der Waals surface area contributed by atoms with Crippen LogP contribution in [-0.2, 0) is 9.53 Å². The lowest BCUT2D eigenvalue weighted by atomic mass is 10.2. The summed E-state index contributed by atoms with van der Waals surface area (Å²) >= 11 is 3.47. The van der Waals surface area contributed by atoms with Crippen LogP contribution in [0.4, 0.5) is 5.69 Å². The van der Waals surface area contributed by atoms with Crippen molar-refractivity contribution < 1.29 is 14.6 Å². The summed E-state index contributed by atoms with van der Waals surface area (Å²) < 4.78 is 6.52. The molecular formula is C16H20BrNO3. The number of benzene rings is 1. The maximum atomic E-state index is 10.5. The molecule has 1 fully saturated rings. The van der Waals surface area contributed by atoms with Gasteiger partial charge in [0, 0.05) is 36.4 Å². The monoisotopic (exact) mass is 353 g/mol. The maximum absolute atomic E-state index is 10.5. The Bertz CT molecular complexity index is 526. The molecule has 5 heteroatoms. The summed E-state index contributed by atoms with van der Waals surface area (Å²) in [5.74, 6) is -0.152. The zero-order valence-corrected chi connectivity index (χ0v) is 13.7. The van der Waals surface area contributed by atoms with E-state index in [2.05, 4.69) is 20.8 Å². The van der Waals surface area contributed by atoms with Gasteiger partial charge in [-0.25, -0.2) is 4.79 Å². The van der Waals surface area contributed by atoms with Gasteiger partial charge in [0.1, 0.15) is 0 Å². The van der Waals surface area contributed by atoms with E-state index < -0.39 is 5.97 Å². The summed E-state index contributed by atoms with van der Waals surface area (Å²) in [4.78, 5) is 12.7. The highest BCUT2D eigenvalue weighted by Gasteiger charge is 2.20. The van der Waals surface area contributed by atoms with E-state index in [-0.39, 0.29) is 0 Å². The quantitative estimate of drug-likeness (QED) is 0.574. The Hall–Kier alpha value is -1.33. The van der Waals surface area contributed by atoms with E-state index in [4.69, 9.17) is 9.84 Å². The van der Waals surface area contributed by atoms with E-state index in [0.717, 1.165) is 47.5 Å². The van der Waals surface area contributed by atoms with Gasteiger partial charge < -0.3 is 14.7 Å². The molecule has 0 radical (unpaired) electrons. The van der Waals surface area contributed by atoms with E-state index in [1.54, 1.807) is 6.08 Å². The standard InChI is InChI=1S/C16H20BrNO3/c1-18(8-9-21-11-12-2-3-12)14-6-4-13(15(17)10-14)5-7-16(19)20/h4-7,10,12H,2-3,8-9,11H2,1H3,(H,19,20)/b7-5+. The number of ether oxygens (including phenoxy) is 1. The molecule has 0 unspecified atom stereocenters. The molecule has 2 rings (SSSR count). The molecule has 0 aliphatic heterocycles. The third-order valence-corrected chi connectivity index (χ3v) is 4.14. The first-order chi connectivity index (χ1) is 10.1. The van der Waals surface area contributed by atoms with Gasteiger partial charge in [0.05, 0.1) is 6.61 Å². The molecule has 1 N–H and O–H groups in total. The Kier molecular flexibility index (Phi) is 5.82. The topological polar surface area (TPSA) is 49.8 Å². The second kappa shape index (κ2) is 7.61. The van der Waals surface area contributed by atoms with Crippen molar-refractivity contribution in [3.63, 3.8) is 0 Å². The third-order valence-electron chi connectivity index (χ3n) is 3.45. The minimum absolute atomic E-state index is 0.727. The van der Waals surface area contributed by atoms with E-state index in [0.29, 0.717) is 0 Å². The number of hydrogen-bond donors (Lipinski definition) is 1. The summed E-state index contributed by atoms with van der Waals surface area (Å²) in [6.45, 7) is 2.45. The van der Waals surface area contributed by atoms with Crippen LogP contribution in [-0.4, -0.2) is 37.9 Å². The van der Waals surface area contributed by atoms with Crippen LogP contribution in [0.3, 0.4) is 0 Å². The summed E-state index contributed by atoms with van der Waals surface area (Å²) in [5.41, 5.74) is 1.92. The summed E-state index contributed by atoms with van der Waals surface area (Å²) in [6, 6.07) is 5.87. The van der Waals surface area contributed by atoms with Gasteiger partial charge in [-0.3, -0.25) is 0 Å². The van der Waals surface area contributed by atoms with Crippen molar-refractivity contribution >= 4 is 33.7 Å². The number of carboxylic acid groups (broad SMARTS) is 1. The fraction of sp³-hybridized carbons (Fsp3) is 0.438. The minimum Gasteiger partial charge on any atom is -0.478 e. The molecule has 0 atom stereocenters. The largest absolute Gasteiger partial charge is 0.478 e. The molecule has 1 aromatic rings. The van der Waals surface area contributed by atoms with Gasteiger partial charge in [0.25, 0.3) is 0 Å². The first-order valence-electron chi connectivity index (χ1n) is 7.05. The van der Waals surface area contributed by atoms with Crippen molar-refractivity contribution in [3.05, 3.63) is 34.3 Å². The van der Waals surface area contributed by atoms with Crippen LogP contribution in [0.1, 0.15) is 18.4 Å². The minimum atomic E-state index is -0.948. The Labute approximate surface area is 133 Å². The SMILES string of the molecule is CN(CCOCC1CC1)c1ccc(/C=C/C(=O)O)c(Br)c1. The van der Waals surface area contributed by atoms with Crippen LogP contribution in [0.15, 0.2) is 28.7 Å². The van der Waals surface area contributed by atoms with Crippen molar-refractivity contribution in [2.45, 2.75) is 12.8 Å². The highest BCUT2D eigenvalue weighted by molar-refractivity contribution is 9.10. The average Bonchev–Trinajstić information content (AvgIpc) is 3.26. The maximum Gasteiger partial charge on any atom is 0.328 e. The van der Waals surface area contributed by atoms with Crippen molar-refractivity contribution in [2.75, 3.05) is 31.7 Å². The van der Waals surface area contributed by atoms with E-state index in [9.17, 15) is 4.79 Å². The summed E-state index contributed by atoms with van der Waals surface area (Å²) in [7, 11) is 2.02. The number of carbonyl (C=O) groups is 1. The molecule has 1 aliphatic carbocycles. The fourth-order valence-electron chi connectivity index (χ4n) is 1.91. The number of halogens is 1. The first-order valence-corrected chi connectivity index (χ1v) is 7.85. The van der Waals surface area contributed by atoms with Crippen molar-refractivity contribution in [1.29, 1.82) is 0 Å². The summed E-state index contributed by atoms with van der Waals surface area (Å²) in [6.07, 6.45) is 5.34. The lowest BCUT2D eigenvalue weighted by Gasteiger charge is -2.20. The van der Waals surface area contributed by atoms with Gasteiger partial charge in [-0.1, -0.05) is 22.0 Å². The first kappa shape index (κ1) is 16.0. The Balaban J connectivity index is 1.86. The number of aliphatic carboxylic acids is 1. The molecule has 0 heterocycles. The number of likely N-dealkylation sites (N-methyl/N-ethyl adjacent to an activating group) is 1. The number of hydrogen-bond acceptors (Lipinski definition) is 3. The molecule has 114 valence electrons. The average molecular weight is 354 g/mol. The molecule has 0 spiro atoms. The van der Waals surface area contributed by atoms with Crippen LogP contribution in [0.25, 0.3) is 6.08 Å². The van der Waals surface area contributed by atoms with Gasteiger partial charge in [0.15, 0.2) is 0 Å². The molecule has 0 amide bonds. The normalized spacial score (nSPS) is 14.6. The number of carboxylic acids is 1. The smallest absolute Gasteiger partial charge is 0.328 e. The zero-order valence-electron chi connectivity index (χ0n) is 12.1. The molecule has 4 nitrogen and oxygen atoms in total. The van der Waals surface area contributed by atoms with Gasteiger partial charge in [0.2, 0.25) is 0 Å².